The van der Waals surface area contributed by atoms with Gasteiger partial charge in [-0.3, -0.25) is 4.68 Å². The third-order valence-corrected chi connectivity index (χ3v) is 4.21. The van der Waals surface area contributed by atoms with Gasteiger partial charge in [0, 0.05) is 17.7 Å². The molecule has 1 aromatic carbocycles. The van der Waals surface area contributed by atoms with E-state index in [-0.39, 0.29) is 6.61 Å². The zero-order valence-electron chi connectivity index (χ0n) is 10.4. The highest BCUT2D eigenvalue weighted by Gasteiger charge is 2.11. The summed E-state index contributed by atoms with van der Waals surface area (Å²) in [5, 5.41) is 14.1. The summed E-state index contributed by atoms with van der Waals surface area (Å²) in [5.74, 6) is 0.769. The van der Waals surface area contributed by atoms with Crippen LogP contribution in [0.3, 0.4) is 0 Å². The van der Waals surface area contributed by atoms with Crippen molar-refractivity contribution in [3.05, 3.63) is 46.2 Å². The van der Waals surface area contributed by atoms with E-state index in [9.17, 15) is 0 Å². The molecular formula is C13H15ClN2OS. The number of rotatable bonds is 4. The van der Waals surface area contributed by atoms with Crippen LogP contribution in [0.5, 0.6) is 0 Å². The summed E-state index contributed by atoms with van der Waals surface area (Å²) in [6.07, 6.45) is 0. The standard InChI is InChI=1S/C13H15ClN2OS/c1-9-13(14)12(16(2)15-9)8-18-11-5-3-4-10(6-11)7-17/h3-6,17H,7-8H2,1-2H3. The Bertz CT molecular complexity index is 554. The molecule has 0 atom stereocenters. The maximum absolute atomic E-state index is 9.09. The lowest BCUT2D eigenvalue weighted by Gasteiger charge is -2.04. The second-order valence-corrected chi connectivity index (χ2v) is 5.49. The number of halogens is 1. The fourth-order valence-corrected chi connectivity index (χ4v) is 3.07. The molecular weight excluding hydrogens is 268 g/mol. The summed E-state index contributed by atoms with van der Waals surface area (Å²) < 4.78 is 1.82. The molecule has 0 fully saturated rings. The fourth-order valence-electron chi connectivity index (χ4n) is 1.72. The van der Waals surface area contributed by atoms with Crippen LogP contribution in [-0.2, 0) is 19.4 Å². The minimum Gasteiger partial charge on any atom is -0.392 e. The molecule has 0 aliphatic heterocycles. The van der Waals surface area contributed by atoms with E-state index in [0.717, 1.165) is 32.6 Å². The van der Waals surface area contributed by atoms with Gasteiger partial charge in [0.1, 0.15) is 0 Å². The van der Waals surface area contributed by atoms with Crippen molar-refractivity contribution in [2.45, 2.75) is 24.2 Å². The van der Waals surface area contributed by atoms with Gasteiger partial charge in [0.15, 0.2) is 0 Å². The first kappa shape index (κ1) is 13.5. The van der Waals surface area contributed by atoms with E-state index in [4.69, 9.17) is 16.7 Å². The van der Waals surface area contributed by atoms with Gasteiger partial charge in [0.25, 0.3) is 0 Å². The quantitative estimate of drug-likeness (QED) is 0.876. The number of nitrogens with zero attached hydrogens (tertiary/aromatic N) is 2. The van der Waals surface area contributed by atoms with Gasteiger partial charge < -0.3 is 5.11 Å². The number of benzene rings is 1. The molecule has 0 spiro atoms. The molecule has 0 unspecified atom stereocenters. The lowest BCUT2D eigenvalue weighted by Crippen LogP contribution is -1.96. The monoisotopic (exact) mass is 282 g/mol. The molecule has 0 saturated heterocycles. The Hall–Kier alpha value is -0.970. The predicted molar refractivity (Wildman–Crippen MR) is 74.9 cm³/mol. The SMILES string of the molecule is Cc1nn(C)c(CSc2cccc(CO)c2)c1Cl. The average molecular weight is 283 g/mol. The molecule has 96 valence electrons. The molecule has 0 amide bonds. The number of thioether (sulfide) groups is 1. The lowest BCUT2D eigenvalue weighted by molar-refractivity contribution is 0.281. The molecule has 0 aliphatic rings. The van der Waals surface area contributed by atoms with Gasteiger partial charge in [-0.05, 0) is 24.6 Å². The largest absolute Gasteiger partial charge is 0.392 e. The van der Waals surface area contributed by atoms with Gasteiger partial charge in [0.05, 0.1) is 23.0 Å². The van der Waals surface area contributed by atoms with Crippen LogP contribution in [0.25, 0.3) is 0 Å². The third-order valence-electron chi connectivity index (χ3n) is 2.72. The van der Waals surface area contributed by atoms with Gasteiger partial charge in [0.2, 0.25) is 0 Å². The van der Waals surface area contributed by atoms with Gasteiger partial charge in [-0.1, -0.05) is 23.7 Å². The third kappa shape index (κ3) is 2.88. The molecule has 1 heterocycles. The lowest BCUT2D eigenvalue weighted by atomic mass is 10.2. The second-order valence-electron chi connectivity index (χ2n) is 4.06. The van der Waals surface area contributed by atoms with Crippen molar-refractivity contribution < 1.29 is 5.11 Å². The molecule has 0 aliphatic carbocycles. The van der Waals surface area contributed by atoms with E-state index in [1.807, 2.05) is 42.9 Å². The van der Waals surface area contributed by atoms with Crippen molar-refractivity contribution in [1.82, 2.24) is 9.78 Å². The molecule has 2 rings (SSSR count). The Balaban J connectivity index is 2.11. The Morgan fingerprint density at radius 1 is 1.44 bits per heavy atom. The molecule has 0 radical (unpaired) electrons. The first-order valence-corrected chi connectivity index (χ1v) is 6.98. The van der Waals surface area contributed by atoms with Crippen LogP contribution in [0.2, 0.25) is 5.02 Å². The summed E-state index contributed by atoms with van der Waals surface area (Å²) in [7, 11) is 1.90. The molecule has 18 heavy (non-hydrogen) atoms. The zero-order chi connectivity index (χ0) is 13.1. The van der Waals surface area contributed by atoms with Crippen molar-refractivity contribution in [3.8, 4) is 0 Å². The maximum atomic E-state index is 9.09. The van der Waals surface area contributed by atoms with E-state index >= 15 is 0 Å². The number of aryl methyl sites for hydroxylation is 2. The average Bonchev–Trinajstić information content (AvgIpc) is 2.61. The number of hydrogen-bond acceptors (Lipinski definition) is 3. The van der Waals surface area contributed by atoms with E-state index in [1.54, 1.807) is 11.8 Å². The number of aliphatic hydroxyl groups is 1. The summed E-state index contributed by atoms with van der Waals surface area (Å²) in [5.41, 5.74) is 2.81. The second kappa shape index (κ2) is 5.78. The molecule has 3 nitrogen and oxygen atoms in total. The normalized spacial score (nSPS) is 10.9. The highest BCUT2D eigenvalue weighted by molar-refractivity contribution is 7.98. The molecule has 0 saturated carbocycles. The molecule has 0 bridgehead atoms. The van der Waals surface area contributed by atoms with Crippen molar-refractivity contribution >= 4 is 23.4 Å². The van der Waals surface area contributed by atoms with Crippen molar-refractivity contribution in [1.29, 1.82) is 0 Å². The molecule has 5 heteroatoms. The van der Waals surface area contributed by atoms with Gasteiger partial charge >= 0.3 is 0 Å². The Labute approximate surface area is 116 Å². The predicted octanol–water partition coefficient (Wildman–Crippen LogP) is 3.17. The van der Waals surface area contributed by atoms with Crippen LogP contribution in [0.15, 0.2) is 29.2 Å². The Kier molecular flexibility index (Phi) is 4.32. The summed E-state index contributed by atoms with van der Waals surface area (Å²) >= 11 is 7.89. The van der Waals surface area contributed by atoms with Crippen LogP contribution in [0.4, 0.5) is 0 Å². The maximum Gasteiger partial charge on any atom is 0.0855 e. The Morgan fingerprint density at radius 3 is 2.83 bits per heavy atom. The smallest absolute Gasteiger partial charge is 0.0855 e. The summed E-state index contributed by atoms with van der Waals surface area (Å²) in [6, 6.07) is 7.87. The van der Waals surface area contributed by atoms with E-state index in [1.165, 1.54) is 0 Å². The van der Waals surface area contributed by atoms with Crippen LogP contribution < -0.4 is 0 Å². The number of hydrogen-bond donors (Lipinski definition) is 1. The van der Waals surface area contributed by atoms with Crippen LogP contribution in [0.1, 0.15) is 17.0 Å². The minimum absolute atomic E-state index is 0.0694. The summed E-state index contributed by atoms with van der Waals surface area (Å²) in [4.78, 5) is 1.12. The first-order valence-electron chi connectivity index (χ1n) is 5.62. The van der Waals surface area contributed by atoms with Gasteiger partial charge in [-0.2, -0.15) is 5.10 Å². The van der Waals surface area contributed by atoms with Crippen LogP contribution in [0, 0.1) is 6.92 Å². The highest BCUT2D eigenvalue weighted by Crippen LogP contribution is 2.28. The number of aromatic nitrogens is 2. The Morgan fingerprint density at radius 2 is 2.22 bits per heavy atom. The van der Waals surface area contributed by atoms with E-state index < -0.39 is 0 Å². The number of aliphatic hydroxyl groups excluding tert-OH is 1. The van der Waals surface area contributed by atoms with Gasteiger partial charge in [-0.15, -0.1) is 11.8 Å². The van der Waals surface area contributed by atoms with Crippen molar-refractivity contribution in [2.75, 3.05) is 0 Å². The van der Waals surface area contributed by atoms with Crippen molar-refractivity contribution in [3.63, 3.8) is 0 Å². The van der Waals surface area contributed by atoms with Crippen LogP contribution >= 0.6 is 23.4 Å². The first-order chi connectivity index (χ1) is 8.61. The minimum atomic E-state index is 0.0694. The highest BCUT2D eigenvalue weighted by atomic mass is 35.5. The zero-order valence-corrected chi connectivity index (χ0v) is 11.9. The topological polar surface area (TPSA) is 38.0 Å². The molecule has 1 N–H and O–H groups in total. The molecule has 1 aromatic heterocycles. The van der Waals surface area contributed by atoms with E-state index in [2.05, 4.69) is 5.10 Å². The van der Waals surface area contributed by atoms with Crippen molar-refractivity contribution in [2.24, 2.45) is 7.05 Å². The van der Waals surface area contributed by atoms with E-state index in [0.29, 0.717) is 0 Å². The van der Waals surface area contributed by atoms with Gasteiger partial charge in [-0.25, -0.2) is 0 Å². The fraction of sp³-hybridized carbons (Fsp3) is 0.308. The molecule has 2 aromatic rings. The summed E-state index contributed by atoms with van der Waals surface area (Å²) in [6.45, 7) is 1.98. The van der Waals surface area contributed by atoms with Crippen LogP contribution in [-0.4, -0.2) is 14.9 Å².